The second kappa shape index (κ2) is 9.74. The Bertz CT molecular complexity index is 1420. The molecule has 37 heavy (non-hydrogen) atoms. The molecular weight excluding hydrogens is 488 g/mol. The Morgan fingerprint density at radius 2 is 1.84 bits per heavy atom. The lowest BCUT2D eigenvalue weighted by Crippen LogP contribution is -2.25. The molecule has 3 aliphatic rings. The van der Waals surface area contributed by atoms with Crippen LogP contribution in [0.15, 0.2) is 82.9 Å². The van der Waals surface area contributed by atoms with Gasteiger partial charge in [-0.15, -0.1) is 0 Å². The van der Waals surface area contributed by atoms with Crippen molar-refractivity contribution >= 4 is 40.1 Å². The highest BCUT2D eigenvalue weighted by Crippen LogP contribution is 2.39. The molecule has 0 spiro atoms. The molecule has 3 aromatic rings. The van der Waals surface area contributed by atoms with Crippen LogP contribution in [0, 0.1) is 6.92 Å². The van der Waals surface area contributed by atoms with Gasteiger partial charge in [0.1, 0.15) is 5.25 Å². The number of carbonyl (C=O) groups is 2. The van der Waals surface area contributed by atoms with Crippen molar-refractivity contribution in [3.8, 4) is 11.5 Å². The molecule has 186 valence electrons. The first-order valence-corrected chi connectivity index (χ1v) is 12.9. The quantitative estimate of drug-likeness (QED) is 0.523. The zero-order valence-electron chi connectivity index (χ0n) is 20.1. The first-order valence-electron chi connectivity index (χ1n) is 12.0. The van der Waals surface area contributed by atoms with E-state index in [-0.39, 0.29) is 31.1 Å². The van der Waals surface area contributed by atoms with Gasteiger partial charge in [0.2, 0.25) is 12.7 Å². The number of rotatable bonds is 5. The summed E-state index contributed by atoms with van der Waals surface area (Å²) in [4.78, 5) is 29.9. The van der Waals surface area contributed by atoms with Gasteiger partial charge >= 0.3 is 0 Å². The number of nitrogens with zero attached hydrogens (tertiary/aromatic N) is 3. The maximum atomic E-state index is 12.8. The van der Waals surface area contributed by atoms with Gasteiger partial charge < -0.3 is 14.8 Å². The van der Waals surface area contributed by atoms with Crippen LogP contribution in [0.4, 0.5) is 5.69 Å². The Morgan fingerprint density at radius 1 is 1.05 bits per heavy atom. The van der Waals surface area contributed by atoms with Crippen LogP contribution >= 0.6 is 11.8 Å². The zero-order chi connectivity index (χ0) is 25.4. The van der Waals surface area contributed by atoms with Crippen molar-refractivity contribution in [1.82, 2.24) is 5.01 Å². The Kier molecular flexibility index (Phi) is 6.13. The lowest BCUT2D eigenvalue weighted by molar-refractivity contribution is -0.121. The van der Waals surface area contributed by atoms with E-state index in [1.807, 2.05) is 23.2 Å². The molecule has 8 nitrogen and oxygen atoms in total. The molecule has 0 aliphatic carbocycles. The normalized spacial score (nSPS) is 20.1. The number of hydrazone groups is 1. The molecule has 0 fully saturated rings. The predicted octanol–water partition coefficient (Wildman–Crippen LogP) is 4.90. The van der Waals surface area contributed by atoms with E-state index in [1.54, 1.807) is 18.2 Å². The Morgan fingerprint density at radius 3 is 2.65 bits per heavy atom. The average Bonchev–Trinajstić information content (AvgIpc) is 3.63. The zero-order valence-corrected chi connectivity index (χ0v) is 20.9. The van der Waals surface area contributed by atoms with Gasteiger partial charge in [0.25, 0.3) is 5.91 Å². The van der Waals surface area contributed by atoms with Crippen LogP contribution in [0.25, 0.3) is 0 Å². The monoisotopic (exact) mass is 512 g/mol. The van der Waals surface area contributed by atoms with Crippen molar-refractivity contribution in [2.45, 2.75) is 31.1 Å². The summed E-state index contributed by atoms with van der Waals surface area (Å²) in [6.07, 6.45) is 0.694. The number of hydrogen-bond donors (Lipinski definition) is 1. The molecule has 3 aromatic carbocycles. The third-order valence-corrected chi connectivity index (χ3v) is 7.57. The summed E-state index contributed by atoms with van der Waals surface area (Å²) in [5.41, 5.74) is 4.84. The van der Waals surface area contributed by atoms with E-state index >= 15 is 0 Å². The number of benzene rings is 3. The number of amides is 2. The van der Waals surface area contributed by atoms with E-state index in [0.29, 0.717) is 28.8 Å². The van der Waals surface area contributed by atoms with Crippen LogP contribution in [-0.2, 0) is 9.59 Å². The van der Waals surface area contributed by atoms with Crippen molar-refractivity contribution < 1.29 is 19.1 Å². The van der Waals surface area contributed by atoms with Crippen molar-refractivity contribution in [3.63, 3.8) is 0 Å². The largest absolute Gasteiger partial charge is 0.454 e. The maximum absolute atomic E-state index is 12.8. The molecule has 2 amide bonds. The van der Waals surface area contributed by atoms with Gasteiger partial charge in [0.05, 0.1) is 11.8 Å². The molecule has 0 saturated heterocycles. The Hall–Kier alpha value is -4.11. The van der Waals surface area contributed by atoms with Crippen molar-refractivity contribution in [1.29, 1.82) is 0 Å². The molecule has 2 unspecified atom stereocenters. The standard InChI is InChI=1S/C28H24N4O4S/c1-17-7-9-18(10-8-17)21-14-22(19-5-3-2-4-6-19)32(31-21)28-30-27(34)25(37-28)15-26(33)29-20-11-12-23-24(13-20)36-16-35-23/h2-13,22,25H,14-16H2,1H3,(H,29,33). The topological polar surface area (TPSA) is 92.6 Å². The molecule has 1 N–H and O–H groups in total. The van der Waals surface area contributed by atoms with Gasteiger partial charge in [0.15, 0.2) is 16.7 Å². The van der Waals surface area contributed by atoms with Crippen molar-refractivity contribution in [3.05, 3.63) is 89.5 Å². The number of fused-ring (bicyclic) bond motifs is 1. The summed E-state index contributed by atoms with van der Waals surface area (Å²) >= 11 is 1.29. The lowest BCUT2D eigenvalue weighted by Gasteiger charge is -2.23. The smallest absolute Gasteiger partial charge is 0.262 e. The molecule has 3 heterocycles. The SMILES string of the molecule is Cc1ccc(C2=NN(C3=NC(=O)C(CC(=O)Nc4ccc5c(c4)OCO5)S3)C(c3ccccc3)C2)cc1. The highest BCUT2D eigenvalue weighted by atomic mass is 32.2. The molecule has 6 rings (SSSR count). The number of hydrogen-bond acceptors (Lipinski definition) is 7. The van der Waals surface area contributed by atoms with Crippen LogP contribution in [0.1, 0.15) is 35.6 Å². The number of amidine groups is 1. The van der Waals surface area contributed by atoms with Crippen molar-refractivity contribution in [2.75, 3.05) is 12.1 Å². The van der Waals surface area contributed by atoms with Crippen LogP contribution in [-0.4, -0.2) is 39.7 Å². The fraction of sp³-hybridized carbons (Fsp3) is 0.214. The van der Waals surface area contributed by atoms with E-state index in [2.05, 4.69) is 53.6 Å². The van der Waals surface area contributed by atoms with Crippen LogP contribution < -0.4 is 14.8 Å². The number of aryl methyl sites for hydroxylation is 1. The van der Waals surface area contributed by atoms with Gasteiger partial charge in [-0.1, -0.05) is 71.9 Å². The highest BCUT2D eigenvalue weighted by molar-refractivity contribution is 8.15. The van der Waals surface area contributed by atoms with Crippen molar-refractivity contribution in [2.24, 2.45) is 10.1 Å². The van der Waals surface area contributed by atoms with Gasteiger partial charge in [-0.05, 0) is 30.2 Å². The van der Waals surface area contributed by atoms with Crippen LogP contribution in [0.3, 0.4) is 0 Å². The van der Waals surface area contributed by atoms with Gasteiger partial charge in [-0.25, -0.2) is 5.01 Å². The third-order valence-electron chi connectivity index (χ3n) is 6.43. The first kappa shape index (κ1) is 23.3. The minimum absolute atomic E-state index is 0.00329. The summed E-state index contributed by atoms with van der Waals surface area (Å²) in [6.45, 7) is 2.21. The summed E-state index contributed by atoms with van der Waals surface area (Å²) in [5, 5.41) is 9.48. The number of carbonyl (C=O) groups excluding carboxylic acids is 2. The fourth-order valence-corrected chi connectivity index (χ4v) is 5.56. The Labute approximate surface area is 218 Å². The first-order chi connectivity index (χ1) is 18.0. The second-order valence-electron chi connectivity index (χ2n) is 9.05. The van der Waals surface area contributed by atoms with Crippen LogP contribution in [0.5, 0.6) is 11.5 Å². The molecule has 0 saturated carbocycles. The summed E-state index contributed by atoms with van der Waals surface area (Å²) in [6, 6.07) is 23.5. The average molecular weight is 513 g/mol. The molecule has 0 aromatic heterocycles. The maximum Gasteiger partial charge on any atom is 0.262 e. The van der Waals surface area contributed by atoms with E-state index in [0.717, 1.165) is 16.8 Å². The van der Waals surface area contributed by atoms with Gasteiger partial charge in [-0.2, -0.15) is 10.1 Å². The number of anilines is 1. The molecule has 3 aliphatic heterocycles. The summed E-state index contributed by atoms with van der Waals surface area (Å²) in [7, 11) is 0. The lowest BCUT2D eigenvalue weighted by atomic mass is 9.98. The fourth-order valence-electron chi connectivity index (χ4n) is 4.50. The minimum atomic E-state index is -0.612. The summed E-state index contributed by atoms with van der Waals surface area (Å²) in [5.74, 6) is 0.623. The minimum Gasteiger partial charge on any atom is -0.454 e. The number of nitrogens with one attached hydrogen (secondary N) is 1. The Balaban J connectivity index is 1.18. The molecule has 0 bridgehead atoms. The third kappa shape index (κ3) is 4.82. The second-order valence-corrected chi connectivity index (χ2v) is 10.2. The number of thioether (sulfide) groups is 1. The van der Waals surface area contributed by atoms with E-state index in [1.165, 1.54) is 17.3 Å². The van der Waals surface area contributed by atoms with Crippen LogP contribution in [0.2, 0.25) is 0 Å². The van der Waals surface area contributed by atoms with Gasteiger partial charge in [-0.3, -0.25) is 9.59 Å². The molecular formula is C28H24N4O4S. The predicted molar refractivity (Wildman–Crippen MR) is 143 cm³/mol. The number of aliphatic imine (C=N–C) groups is 1. The van der Waals surface area contributed by atoms with E-state index in [9.17, 15) is 9.59 Å². The highest BCUT2D eigenvalue weighted by Gasteiger charge is 2.39. The molecule has 0 radical (unpaired) electrons. The molecule has 9 heteroatoms. The van der Waals surface area contributed by atoms with Gasteiger partial charge in [0, 0.05) is 24.6 Å². The summed E-state index contributed by atoms with van der Waals surface area (Å²) < 4.78 is 10.7. The van der Waals surface area contributed by atoms with E-state index in [4.69, 9.17) is 14.6 Å². The number of ether oxygens (including phenoxy) is 2. The van der Waals surface area contributed by atoms with E-state index < -0.39 is 5.25 Å². The molecule has 2 atom stereocenters.